The van der Waals surface area contributed by atoms with Gasteiger partial charge in [-0.2, -0.15) is 0 Å². The number of aromatic nitrogens is 3. The number of para-hydroxylation sites is 2. The van der Waals surface area contributed by atoms with Gasteiger partial charge in [0.25, 0.3) is 0 Å². The van der Waals surface area contributed by atoms with E-state index in [-0.39, 0.29) is 5.78 Å². The molecular formula is C26H21N3O4S. The first kappa shape index (κ1) is 21.9. The van der Waals surface area contributed by atoms with Crippen molar-refractivity contribution in [3.63, 3.8) is 0 Å². The van der Waals surface area contributed by atoms with Gasteiger partial charge in [0.15, 0.2) is 10.9 Å². The number of hydrogen-bond donors (Lipinski definition) is 0. The number of thioether (sulfide) groups is 1. The Morgan fingerprint density at radius 1 is 0.941 bits per heavy atom. The third-order valence-electron chi connectivity index (χ3n) is 5.67. The number of fused-ring (bicyclic) bond motifs is 5. The van der Waals surface area contributed by atoms with Crippen LogP contribution in [0.15, 0.2) is 65.8 Å². The Morgan fingerprint density at radius 2 is 1.74 bits per heavy atom. The zero-order valence-corrected chi connectivity index (χ0v) is 19.7. The lowest BCUT2D eigenvalue weighted by Gasteiger charge is -2.12. The quantitative estimate of drug-likeness (QED) is 0.143. The summed E-state index contributed by atoms with van der Waals surface area (Å²) in [6, 6.07) is 18.6. The van der Waals surface area contributed by atoms with E-state index >= 15 is 0 Å². The predicted molar refractivity (Wildman–Crippen MR) is 132 cm³/mol. The van der Waals surface area contributed by atoms with Crippen LogP contribution in [0, 0.1) is 0 Å². The highest BCUT2D eigenvalue weighted by molar-refractivity contribution is 7.98. The van der Waals surface area contributed by atoms with Crippen LogP contribution in [0.3, 0.4) is 0 Å². The zero-order chi connectivity index (χ0) is 23.8. The number of Topliss-reactive ketones (excluding diaryl/α,β-unsaturated/α-hetero) is 1. The van der Waals surface area contributed by atoms with Gasteiger partial charge in [-0.3, -0.25) is 9.20 Å². The molecule has 0 aliphatic carbocycles. The molecule has 0 aliphatic rings. The van der Waals surface area contributed by atoms with E-state index in [0.717, 1.165) is 27.6 Å². The van der Waals surface area contributed by atoms with Crippen LogP contribution < -0.4 is 4.74 Å². The Balaban J connectivity index is 1.68. The standard InChI is InChI=1S/C26H21N3O4S/c1-15(30)16-9-11-23(32-2)18(12-16)14-34-26-28-21-13-17(25(31)33-3)8-10-19(21)24-27-20-6-4-5-7-22(20)29(24)26/h4-13H,14H2,1-3H3. The van der Waals surface area contributed by atoms with E-state index in [1.54, 1.807) is 32.2 Å². The van der Waals surface area contributed by atoms with E-state index in [1.165, 1.54) is 18.9 Å². The lowest BCUT2D eigenvalue weighted by molar-refractivity contribution is 0.0600. The molecule has 170 valence electrons. The van der Waals surface area contributed by atoms with Gasteiger partial charge >= 0.3 is 5.97 Å². The average Bonchev–Trinajstić information content (AvgIpc) is 3.26. The molecule has 8 heteroatoms. The number of ether oxygens (including phenoxy) is 2. The maximum atomic E-state index is 12.1. The van der Waals surface area contributed by atoms with Crippen LogP contribution in [-0.2, 0) is 10.5 Å². The summed E-state index contributed by atoms with van der Waals surface area (Å²) in [5.41, 5.74) is 5.15. The van der Waals surface area contributed by atoms with Gasteiger partial charge in [0, 0.05) is 22.3 Å². The number of carbonyl (C=O) groups is 2. The molecule has 0 spiro atoms. The normalized spacial score (nSPS) is 11.3. The zero-order valence-electron chi connectivity index (χ0n) is 18.9. The largest absolute Gasteiger partial charge is 0.496 e. The molecule has 0 radical (unpaired) electrons. The van der Waals surface area contributed by atoms with Crippen molar-refractivity contribution in [3.8, 4) is 5.75 Å². The predicted octanol–water partition coefficient (Wildman–Crippen LogP) is 5.33. The first-order chi connectivity index (χ1) is 16.5. The van der Waals surface area contributed by atoms with Crippen LogP contribution in [0.4, 0.5) is 0 Å². The summed E-state index contributed by atoms with van der Waals surface area (Å²) in [7, 11) is 2.97. The van der Waals surface area contributed by atoms with E-state index in [1.807, 2.05) is 46.9 Å². The molecule has 0 atom stereocenters. The van der Waals surface area contributed by atoms with Gasteiger partial charge in [-0.1, -0.05) is 23.9 Å². The second kappa shape index (κ2) is 8.79. The van der Waals surface area contributed by atoms with E-state index < -0.39 is 5.97 Å². The van der Waals surface area contributed by atoms with Crippen molar-refractivity contribution < 1.29 is 19.1 Å². The summed E-state index contributed by atoms with van der Waals surface area (Å²) >= 11 is 1.51. The smallest absolute Gasteiger partial charge is 0.337 e. The van der Waals surface area contributed by atoms with Crippen LogP contribution in [0.5, 0.6) is 5.75 Å². The summed E-state index contributed by atoms with van der Waals surface area (Å²) in [6.45, 7) is 1.55. The van der Waals surface area contributed by atoms with Gasteiger partial charge in [0.05, 0.1) is 36.3 Å². The summed E-state index contributed by atoms with van der Waals surface area (Å²) in [4.78, 5) is 33.8. The fraction of sp³-hybridized carbons (Fsp3) is 0.154. The minimum Gasteiger partial charge on any atom is -0.496 e. The van der Waals surface area contributed by atoms with Gasteiger partial charge in [-0.05, 0) is 55.5 Å². The number of nitrogens with zero attached hydrogens (tertiary/aromatic N) is 3. The van der Waals surface area contributed by atoms with Crippen LogP contribution in [0.25, 0.3) is 27.6 Å². The van der Waals surface area contributed by atoms with Crippen molar-refractivity contribution in [2.24, 2.45) is 0 Å². The Labute approximate surface area is 199 Å². The van der Waals surface area contributed by atoms with Gasteiger partial charge in [0.2, 0.25) is 0 Å². The van der Waals surface area contributed by atoms with Crippen molar-refractivity contribution in [1.29, 1.82) is 0 Å². The molecule has 2 aromatic heterocycles. The number of esters is 1. The van der Waals surface area contributed by atoms with Gasteiger partial charge in [-0.25, -0.2) is 14.8 Å². The Kier molecular flexibility index (Phi) is 5.67. The number of imidazole rings is 1. The van der Waals surface area contributed by atoms with E-state index in [0.29, 0.717) is 33.3 Å². The van der Waals surface area contributed by atoms with Crippen molar-refractivity contribution in [2.75, 3.05) is 14.2 Å². The highest BCUT2D eigenvalue weighted by atomic mass is 32.2. The highest BCUT2D eigenvalue weighted by Gasteiger charge is 2.17. The topological polar surface area (TPSA) is 82.8 Å². The Morgan fingerprint density at radius 3 is 2.50 bits per heavy atom. The van der Waals surface area contributed by atoms with Crippen molar-refractivity contribution in [1.82, 2.24) is 14.4 Å². The summed E-state index contributed by atoms with van der Waals surface area (Å²) in [6.07, 6.45) is 0. The van der Waals surface area contributed by atoms with E-state index in [4.69, 9.17) is 19.4 Å². The molecule has 0 amide bonds. The third kappa shape index (κ3) is 3.76. The fourth-order valence-electron chi connectivity index (χ4n) is 3.96. The molecule has 0 saturated heterocycles. The molecule has 3 aromatic carbocycles. The summed E-state index contributed by atoms with van der Waals surface area (Å²) in [5, 5.41) is 1.55. The minimum atomic E-state index is -0.419. The monoisotopic (exact) mass is 471 g/mol. The number of ketones is 1. The highest BCUT2D eigenvalue weighted by Crippen LogP contribution is 2.33. The second-order valence-corrected chi connectivity index (χ2v) is 8.69. The SMILES string of the molecule is COC(=O)c1ccc2c(c1)nc(SCc1cc(C(C)=O)ccc1OC)n1c3ccccc3nc21. The van der Waals surface area contributed by atoms with Gasteiger partial charge in [0.1, 0.15) is 11.4 Å². The first-order valence-electron chi connectivity index (χ1n) is 10.6. The molecule has 0 bridgehead atoms. The van der Waals surface area contributed by atoms with Gasteiger partial charge < -0.3 is 9.47 Å². The molecule has 0 saturated carbocycles. The molecule has 5 rings (SSSR count). The van der Waals surface area contributed by atoms with E-state index in [9.17, 15) is 9.59 Å². The summed E-state index contributed by atoms with van der Waals surface area (Å²) in [5.74, 6) is 0.812. The molecule has 34 heavy (non-hydrogen) atoms. The molecule has 7 nitrogen and oxygen atoms in total. The van der Waals surface area contributed by atoms with Crippen molar-refractivity contribution in [2.45, 2.75) is 17.8 Å². The van der Waals surface area contributed by atoms with Crippen LogP contribution in [-0.4, -0.2) is 40.3 Å². The minimum absolute atomic E-state index is 0.00364. The maximum Gasteiger partial charge on any atom is 0.337 e. The number of hydrogen-bond acceptors (Lipinski definition) is 7. The first-order valence-corrected chi connectivity index (χ1v) is 11.6. The number of rotatable bonds is 6. The van der Waals surface area contributed by atoms with Crippen molar-refractivity contribution in [3.05, 3.63) is 77.4 Å². The lowest BCUT2D eigenvalue weighted by atomic mass is 10.1. The molecular weight excluding hydrogens is 450 g/mol. The molecule has 0 N–H and O–H groups in total. The van der Waals surface area contributed by atoms with E-state index in [2.05, 4.69) is 0 Å². The molecule has 0 unspecified atom stereocenters. The molecule has 0 aliphatic heterocycles. The Hall–Kier alpha value is -3.91. The number of carbonyl (C=O) groups excluding carboxylic acids is 2. The number of methoxy groups -OCH3 is 2. The third-order valence-corrected chi connectivity index (χ3v) is 6.66. The molecule has 2 heterocycles. The van der Waals surface area contributed by atoms with Crippen LogP contribution in [0.2, 0.25) is 0 Å². The summed E-state index contributed by atoms with van der Waals surface area (Å²) < 4.78 is 12.4. The average molecular weight is 472 g/mol. The van der Waals surface area contributed by atoms with Crippen LogP contribution >= 0.6 is 11.8 Å². The molecule has 0 fully saturated rings. The number of benzene rings is 3. The van der Waals surface area contributed by atoms with Gasteiger partial charge in [-0.15, -0.1) is 0 Å². The lowest BCUT2D eigenvalue weighted by Crippen LogP contribution is -2.03. The second-order valence-electron chi connectivity index (χ2n) is 7.75. The maximum absolute atomic E-state index is 12.1. The Bertz CT molecular complexity index is 1590. The van der Waals surface area contributed by atoms with Crippen LogP contribution in [0.1, 0.15) is 33.2 Å². The van der Waals surface area contributed by atoms with Crippen molar-refractivity contribution >= 4 is 51.1 Å². The fourth-order valence-corrected chi connectivity index (χ4v) is 4.95. The molecule has 5 aromatic rings.